The molecule has 3 rings (SSSR count). The summed E-state index contributed by atoms with van der Waals surface area (Å²) in [5.41, 5.74) is 3.78. The van der Waals surface area contributed by atoms with Gasteiger partial charge in [0.25, 0.3) is 0 Å². The molecule has 0 radical (unpaired) electrons. The summed E-state index contributed by atoms with van der Waals surface area (Å²) in [6, 6.07) is 17.6. The summed E-state index contributed by atoms with van der Waals surface area (Å²) in [6.45, 7) is 1.16. The number of benzene rings is 2. The zero-order valence-electron chi connectivity index (χ0n) is 11.9. The van der Waals surface area contributed by atoms with Crippen LogP contribution in [0.3, 0.4) is 0 Å². The van der Waals surface area contributed by atoms with Crippen molar-refractivity contribution in [3.63, 3.8) is 0 Å². The highest BCUT2D eigenvalue weighted by molar-refractivity contribution is 5.71. The zero-order chi connectivity index (χ0) is 13.8. The Morgan fingerprint density at radius 2 is 2.00 bits per heavy atom. The molecule has 1 aliphatic heterocycles. The minimum Gasteiger partial charge on any atom is -0.496 e. The lowest BCUT2D eigenvalue weighted by atomic mass is 9.98. The predicted octanol–water partition coefficient (Wildman–Crippen LogP) is 3.66. The van der Waals surface area contributed by atoms with Crippen molar-refractivity contribution < 1.29 is 4.74 Å². The van der Waals surface area contributed by atoms with Crippen LogP contribution in [0.25, 0.3) is 11.1 Å². The van der Waals surface area contributed by atoms with E-state index in [0.29, 0.717) is 6.04 Å². The fourth-order valence-electron chi connectivity index (χ4n) is 2.94. The Morgan fingerprint density at radius 3 is 2.70 bits per heavy atom. The van der Waals surface area contributed by atoms with Crippen LogP contribution in [0.5, 0.6) is 5.75 Å². The summed E-state index contributed by atoms with van der Waals surface area (Å²) in [7, 11) is 1.74. The van der Waals surface area contributed by atoms with Crippen LogP contribution < -0.4 is 10.1 Å². The minimum absolute atomic E-state index is 0.631. The van der Waals surface area contributed by atoms with Gasteiger partial charge >= 0.3 is 0 Å². The van der Waals surface area contributed by atoms with Gasteiger partial charge in [-0.15, -0.1) is 0 Å². The lowest BCUT2D eigenvalue weighted by Crippen LogP contribution is -2.23. The fraction of sp³-hybridized carbons (Fsp3) is 0.333. The monoisotopic (exact) mass is 267 g/mol. The highest BCUT2D eigenvalue weighted by Gasteiger charge is 2.15. The van der Waals surface area contributed by atoms with E-state index in [2.05, 4.69) is 47.8 Å². The van der Waals surface area contributed by atoms with Crippen LogP contribution in [0.4, 0.5) is 0 Å². The smallest absolute Gasteiger partial charge is 0.126 e. The molecule has 104 valence electrons. The Kier molecular flexibility index (Phi) is 4.03. The summed E-state index contributed by atoms with van der Waals surface area (Å²) < 4.78 is 5.51. The van der Waals surface area contributed by atoms with E-state index in [0.717, 1.165) is 18.7 Å². The van der Waals surface area contributed by atoms with Gasteiger partial charge in [0.1, 0.15) is 5.75 Å². The largest absolute Gasteiger partial charge is 0.496 e. The van der Waals surface area contributed by atoms with E-state index < -0.39 is 0 Å². The number of methoxy groups -OCH3 is 1. The van der Waals surface area contributed by atoms with E-state index in [1.807, 2.05) is 6.07 Å². The lowest BCUT2D eigenvalue weighted by Gasteiger charge is -2.14. The maximum Gasteiger partial charge on any atom is 0.126 e. The lowest BCUT2D eigenvalue weighted by molar-refractivity contribution is 0.416. The molecule has 1 fully saturated rings. The first-order valence-corrected chi connectivity index (χ1v) is 7.32. The summed E-state index contributed by atoms with van der Waals surface area (Å²) in [5, 5.41) is 3.56. The molecule has 2 aromatic carbocycles. The first kappa shape index (κ1) is 13.2. The van der Waals surface area contributed by atoms with E-state index in [1.165, 1.54) is 29.5 Å². The van der Waals surface area contributed by atoms with E-state index in [4.69, 9.17) is 4.74 Å². The zero-order valence-corrected chi connectivity index (χ0v) is 11.9. The highest BCUT2D eigenvalue weighted by Crippen LogP contribution is 2.31. The molecule has 1 unspecified atom stereocenters. The van der Waals surface area contributed by atoms with Crippen molar-refractivity contribution in [1.82, 2.24) is 5.32 Å². The van der Waals surface area contributed by atoms with E-state index in [9.17, 15) is 0 Å². The molecule has 1 heterocycles. The normalized spacial score (nSPS) is 18.1. The van der Waals surface area contributed by atoms with Crippen LogP contribution in [0, 0.1) is 0 Å². The number of rotatable bonds is 4. The van der Waals surface area contributed by atoms with Crippen molar-refractivity contribution in [1.29, 1.82) is 0 Å². The van der Waals surface area contributed by atoms with Gasteiger partial charge in [-0.1, -0.05) is 36.4 Å². The van der Waals surface area contributed by atoms with Crippen molar-refractivity contribution in [3.8, 4) is 16.9 Å². The summed E-state index contributed by atoms with van der Waals surface area (Å²) in [5.74, 6) is 0.944. The van der Waals surface area contributed by atoms with Gasteiger partial charge in [-0.2, -0.15) is 0 Å². The second kappa shape index (κ2) is 6.10. The van der Waals surface area contributed by atoms with E-state index in [-0.39, 0.29) is 0 Å². The number of ether oxygens (including phenoxy) is 1. The summed E-state index contributed by atoms with van der Waals surface area (Å²) >= 11 is 0. The molecule has 0 bridgehead atoms. The van der Waals surface area contributed by atoms with E-state index in [1.54, 1.807) is 7.11 Å². The minimum atomic E-state index is 0.631. The molecule has 20 heavy (non-hydrogen) atoms. The molecule has 2 nitrogen and oxygen atoms in total. The number of hydrogen-bond acceptors (Lipinski definition) is 2. The Bertz CT molecular complexity index is 559. The molecule has 2 aromatic rings. The van der Waals surface area contributed by atoms with Crippen LogP contribution in [-0.4, -0.2) is 19.7 Å². The van der Waals surface area contributed by atoms with Gasteiger partial charge in [0, 0.05) is 11.6 Å². The molecule has 0 aromatic heterocycles. The third-order valence-electron chi connectivity index (χ3n) is 3.99. The van der Waals surface area contributed by atoms with Gasteiger partial charge in [0.2, 0.25) is 0 Å². The average molecular weight is 267 g/mol. The van der Waals surface area contributed by atoms with Crippen LogP contribution >= 0.6 is 0 Å². The van der Waals surface area contributed by atoms with Crippen molar-refractivity contribution in [2.75, 3.05) is 13.7 Å². The fourth-order valence-corrected chi connectivity index (χ4v) is 2.94. The Morgan fingerprint density at radius 1 is 1.15 bits per heavy atom. The second-order valence-corrected chi connectivity index (χ2v) is 5.40. The number of hydrogen-bond donors (Lipinski definition) is 1. The quantitative estimate of drug-likeness (QED) is 0.913. The molecule has 1 aliphatic rings. The molecule has 0 amide bonds. The van der Waals surface area contributed by atoms with Crippen LogP contribution in [0.1, 0.15) is 18.4 Å². The average Bonchev–Trinajstić information content (AvgIpc) is 3.01. The van der Waals surface area contributed by atoms with Gasteiger partial charge in [0.05, 0.1) is 7.11 Å². The third-order valence-corrected chi connectivity index (χ3v) is 3.99. The molecular formula is C18H21NO. The SMILES string of the molecule is COc1ccc(CC2CCCN2)cc1-c1ccccc1. The maximum absolute atomic E-state index is 5.51. The van der Waals surface area contributed by atoms with Crippen molar-refractivity contribution in [2.45, 2.75) is 25.3 Å². The van der Waals surface area contributed by atoms with E-state index >= 15 is 0 Å². The van der Waals surface area contributed by atoms with Gasteiger partial charge in [-0.05, 0) is 49.1 Å². The molecular weight excluding hydrogens is 246 g/mol. The van der Waals surface area contributed by atoms with Gasteiger partial charge in [-0.3, -0.25) is 0 Å². The van der Waals surface area contributed by atoms with Crippen LogP contribution in [0.15, 0.2) is 48.5 Å². The maximum atomic E-state index is 5.51. The van der Waals surface area contributed by atoms with Gasteiger partial charge in [-0.25, -0.2) is 0 Å². The molecule has 0 spiro atoms. The summed E-state index contributed by atoms with van der Waals surface area (Å²) in [6.07, 6.45) is 3.68. The topological polar surface area (TPSA) is 21.3 Å². The Labute approximate surface area is 120 Å². The predicted molar refractivity (Wildman–Crippen MR) is 83.2 cm³/mol. The van der Waals surface area contributed by atoms with Crippen molar-refractivity contribution in [2.24, 2.45) is 0 Å². The number of nitrogens with one attached hydrogen (secondary N) is 1. The van der Waals surface area contributed by atoms with Gasteiger partial charge in [0.15, 0.2) is 0 Å². The first-order valence-electron chi connectivity index (χ1n) is 7.32. The van der Waals surface area contributed by atoms with Crippen molar-refractivity contribution in [3.05, 3.63) is 54.1 Å². The van der Waals surface area contributed by atoms with Crippen molar-refractivity contribution >= 4 is 0 Å². The summed E-state index contributed by atoms with van der Waals surface area (Å²) in [4.78, 5) is 0. The molecule has 0 aliphatic carbocycles. The molecule has 1 N–H and O–H groups in total. The molecule has 1 saturated heterocycles. The second-order valence-electron chi connectivity index (χ2n) is 5.40. The molecule has 0 saturated carbocycles. The standard InChI is InChI=1S/C18H21NO/c1-20-18-10-9-14(12-16-8-5-11-19-16)13-17(18)15-6-3-2-4-7-15/h2-4,6-7,9-10,13,16,19H,5,8,11-12H2,1H3. The Balaban J connectivity index is 1.90. The molecule has 1 atom stereocenters. The third kappa shape index (κ3) is 2.86. The van der Waals surface area contributed by atoms with Crippen LogP contribution in [-0.2, 0) is 6.42 Å². The van der Waals surface area contributed by atoms with Crippen LogP contribution in [0.2, 0.25) is 0 Å². The Hall–Kier alpha value is -1.80. The molecule has 2 heteroatoms. The highest BCUT2D eigenvalue weighted by atomic mass is 16.5. The first-order chi connectivity index (χ1) is 9.86. The van der Waals surface area contributed by atoms with Gasteiger partial charge < -0.3 is 10.1 Å².